The van der Waals surface area contributed by atoms with Crippen molar-refractivity contribution < 1.29 is 28.9 Å². The quantitative estimate of drug-likeness (QED) is 0.357. The number of hydrogen-bond acceptors (Lipinski definition) is 6. The molecular formula is C19H22O6. The second kappa shape index (κ2) is 5.46. The Balaban J connectivity index is 1.57. The zero-order chi connectivity index (χ0) is 17.9. The molecule has 0 radical (unpaired) electrons. The number of fused-ring (bicyclic) bond motifs is 2. The summed E-state index contributed by atoms with van der Waals surface area (Å²) in [6.07, 6.45) is 3.53. The first kappa shape index (κ1) is 16.4. The van der Waals surface area contributed by atoms with Crippen LogP contribution < -0.4 is 0 Å². The SMILES string of the molecule is CC1=C[C@@H](O/C=C2/C(=O)O[C@H]3C4=C(C[C@@H]23)[C@H](O)CCC4(C)C)OC1=O. The van der Waals surface area contributed by atoms with Crippen molar-refractivity contribution in [2.45, 2.75) is 58.5 Å². The molecule has 0 amide bonds. The van der Waals surface area contributed by atoms with Gasteiger partial charge in [0.2, 0.25) is 0 Å². The van der Waals surface area contributed by atoms with Gasteiger partial charge in [-0.15, -0.1) is 0 Å². The van der Waals surface area contributed by atoms with Gasteiger partial charge in [-0.25, -0.2) is 9.59 Å². The van der Waals surface area contributed by atoms with Gasteiger partial charge in [0.1, 0.15) is 6.10 Å². The van der Waals surface area contributed by atoms with Gasteiger partial charge < -0.3 is 19.3 Å². The third-order valence-electron chi connectivity index (χ3n) is 5.74. The predicted octanol–water partition coefficient (Wildman–Crippen LogP) is 2.14. The van der Waals surface area contributed by atoms with Crippen LogP contribution in [-0.4, -0.2) is 35.5 Å². The normalized spacial score (nSPS) is 37.6. The molecule has 0 aromatic rings. The number of carbonyl (C=O) groups is 2. The molecule has 6 nitrogen and oxygen atoms in total. The Labute approximate surface area is 146 Å². The van der Waals surface area contributed by atoms with E-state index in [4.69, 9.17) is 14.2 Å². The summed E-state index contributed by atoms with van der Waals surface area (Å²) in [4.78, 5) is 23.7. The van der Waals surface area contributed by atoms with Crippen LogP contribution in [0.1, 0.15) is 40.0 Å². The molecular weight excluding hydrogens is 324 g/mol. The molecule has 2 aliphatic carbocycles. The first-order valence-corrected chi connectivity index (χ1v) is 8.65. The van der Waals surface area contributed by atoms with Gasteiger partial charge in [0.05, 0.1) is 17.9 Å². The van der Waals surface area contributed by atoms with E-state index in [0.717, 1.165) is 24.0 Å². The van der Waals surface area contributed by atoms with Gasteiger partial charge in [-0.05, 0) is 42.7 Å². The number of cyclic esters (lactones) is 1. The van der Waals surface area contributed by atoms with Crippen molar-refractivity contribution in [2.75, 3.05) is 0 Å². The summed E-state index contributed by atoms with van der Waals surface area (Å²) in [6, 6.07) is 0. The number of aliphatic hydroxyl groups excluding tert-OH is 1. The minimum absolute atomic E-state index is 0.0919. The molecule has 4 atom stereocenters. The average molecular weight is 346 g/mol. The van der Waals surface area contributed by atoms with Crippen LogP contribution in [0.25, 0.3) is 0 Å². The molecule has 2 aliphatic heterocycles. The second-order valence-corrected chi connectivity index (χ2v) is 7.85. The highest BCUT2D eigenvalue weighted by atomic mass is 16.7. The zero-order valence-electron chi connectivity index (χ0n) is 14.6. The van der Waals surface area contributed by atoms with Crippen LogP contribution in [0.4, 0.5) is 0 Å². The van der Waals surface area contributed by atoms with Gasteiger partial charge >= 0.3 is 11.9 Å². The van der Waals surface area contributed by atoms with Gasteiger partial charge in [0, 0.05) is 17.6 Å². The fourth-order valence-electron chi connectivity index (χ4n) is 4.38. The zero-order valence-corrected chi connectivity index (χ0v) is 14.6. The summed E-state index contributed by atoms with van der Waals surface area (Å²) in [5.74, 6) is -0.965. The van der Waals surface area contributed by atoms with Crippen LogP contribution in [0.2, 0.25) is 0 Å². The molecule has 2 heterocycles. The molecule has 0 aromatic carbocycles. The largest absolute Gasteiger partial charge is 0.458 e. The number of hydrogen-bond donors (Lipinski definition) is 1. The van der Waals surface area contributed by atoms with E-state index in [-0.39, 0.29) is 17.4 Å². The van der Waals surface area contributed by atoms with Crippen molar-refractivity contribution in [3.8, 4) is 0 Å². The minimum atomic E-state index is -0.808. The van der Waals surface area contributed by atoms with Crippen molar-refractivity contribution in [3.63, 3.8) is 0 Å². The van der Waals surface area contributed by atoms with Gasteiger partial charge in [-0.1, -0.05) is 13.8 Å². The van der Waals surface area contributed by atoms with E-state index in [1.807, 2.05) is 0 Å². The lowest BCUT2D eigenvalue weighted by molar-refractivity contribution is -0.152. The maximum Gasteiger partial charge on any atom is 0.338 e. The van der Waals surface area contributed by atoms with Crippen LogP contribution in [-0.2, 0) is 23.8 Å². The molecule has 0 aromatic heterocycles. The first-order valence-electron chi connectivity index (χ1n) is 8.65. The van der Waals surface area contributed by atoms with Crippen LogP contribution in [0.3, 0.4) is 0 Å². The Bertz CT molecular complexity index is 741. The van der Waals surface area contributed by atoms with Crippen LogP contribution in [0.15, 0.2) is 34.6 Å². The molecule has 4 rings (SSSR count). The summed E-state index contributed by atoms with van der Waals surface area (Å²) >= 11 is 0. The molecule has 0 spiro atoms. The Morgan fingerprint density at radius 3 is 2.72 bits per heavy atom. The molecule has 6 heteroatoms. The molecule has 0 bridgehead atoms. The third kappa shape index (κ3) is 2.51. The maximum atomic E-state index is 12.3. The summed E-state index contributed by atoms with van der Waals surface area (Å²) in [5, 5.41) is 10.4. The first-order chi connectivity index (χ1) is 11.8. The fourth-order valence-corrected chi connectivity index (χ4v) is 4.38. The Morgan fingerprint density at radius 1 is 1.28 bits per heavy atom. The lowest BCUT2D eigenvalue weighted by Gasteiger charge is -2.36. The van der Waals surface area contributed by atoms with E-state index in [1.54, 1.807) is 13.0 Å². The Hall–Kier alpha value is -2.08. The van der Waals surface area contributed by atoms with Gasteiger partial charge in [0.15, 0.2) is 0 Å². The molecule has 0 unspecified atom stereocenters. The fraction of sp³-hybridized carbons (Fsp3) is 0.579. The number of carbonyl (C=O) groups excluding carboxylic acids is 2. The minimum Gasteiger partial charge on any atom is -0.458 e. The average Bonchev–Trinajstić information content (AvgIpc) is 3.15. The highest BCUT2D eigenvalue weighted by Crippen LogP contribution is 2.54. The van der Waals surface area contributed by atoms with Crippen molar-refractivity contribution in [1.29, 1.82) is 0 Å². The highest BCUT2D eigenvalue weighted by Gasteiger charge is 2.53. The summed E-state index contributed by atoms with van der Waals surface area (Å²) in [7, 11) is 0. The molecule has 1 fully saturated rings. The van der Waals surface area contributed by atoms with E-state index in [2.05, 4.69) is 13.8 Å². The predicted molar refractivity (Wildman–Crippen MR) is 86.8 cm³/mol. The van der Waals surface area contributed by atoms with E-state index < -0.39 is 24.3 Å². The van der Waals surface area contributed by atoms with Gasteiger partial charge in [-0.3, -0.25) is 0 Å². The van der Waals surface area contributed by atoms with E-state index in [1.165, 1.54) is 6.26 Å². The van der Waals surface area contributed by atoms with E-state index >= 15 is 0 Å². The number of ether oxygens (including phenoxy) is 3. The summed E-state index contributed by atoms with van der Waals surface area (Å²) < 4.78 is 16.1. The van der Waals surface area contributed by atoms with Crippen molar-refractivity contribution in [1.82, 2.24) is 0 Å². The number of aliphatic hydroxyl groups is 1. The van der Waals surface area contributed by atoms with Gasteiger partial charge in [0.25, 0.3) is 6.29 Å². The van der Waals surface area contributed by atoms with Crippen LogP contribution in [0, 0.1) is 11.3 Å². The Morgan fingerprint density at radius 2 is 2.04 bits per heavy atom. The summed E-state index contributed by atoms with van der Waals surface area (Å²) in [6.45, 7) is 5.92. The topological polar surface area (TPSA) is 82.1 Å². The molecule has 1 N–H and O–H groups in total. The van der Waals surface area contributed by atoms with E-state index in [0.29, 0.717) is 17.6 Å². The van der Waals surface area contributed by atoms with Crippen LogP contribution >= 0.6 is 0 Å². The standard InChI is InChI=1S/C19H22O6/c1-9-6-14(24-17(9)21)23-8-12-10-7-11-13(20)4-5-19(2,3)15(11)16(10)25-18(12)22/h6,8,10,13-14,16,20H,4-5,7H2,1-3H3/b12-8+/t10-,13+,14-,16+/m0/s1. The van der Waals surface area contributed by atoms with Crippen LogP contribution in [0.5, 0.6) is 0 Å². The molecule has 4 aliphatic rings. The molecule has 0 saturated carbocycles. The Kier molecular flexibility index (Phi) is 3.58. The summed E-state index contributed by atoms with van der Waals surface area (Å²) in [5.41, 5.74) is 2.91. The number of rotatable bonds is 2. The highest BCUT2D eigenvalue weighted by molar-refractivity contribution is 5.92. The number of esters is 2. The van der Waals surface area contributed by atoms with Crippen molar-refractivity contribution in [3.05, 3.63) is 34.6 Å². The smallest absolute Gasteiger partial charge is 0.338 e. The van der Waals surface area contributed by atoms with Crippen molar-refractivity contribution in [2.24, 2.45) is 11.3 Å². The maximum absolute atomic E-state index is 12.3. The molecule has 1 saturated heterocycles. The lowest BCUT2D eigenvalue weighted by Crippen LogP contribution is -2.31. The van der Waals surface area contributed by atoms with Crippen molar-refractivity contribution >= 4 is 11.9 Å². The lowest BCUT2D eigenvalue weighted by atomic mass is 9.71. The third-order valence-corrected chi connectivity index (χ3v) is 5.74. The second-order valence-electron chi connectivity index (χ2n) is 7.85. The molecule has 134 valence electrons. The molecule has 25 heavy (non-hydrogen) atoms. The van der Waals surface area contributed by atoms with E-state index in [9.17, 15) is 14.7 Å². The van der Waals surface area contributed by atoms with Gasteiger partial charge in [-0.2, -0.15) is 0 Å². The monoisotopic (exact) mass is 346 g/mol.